The van der Waals surface area contributed by atoms with Crippen molar-refractivity contribution in [2.45, 2.75) is 26.8 Å². The van der Waals surface area contributed by atoms with Crippen LogP contribution < -0.4 is 10.1 Å². The summed E-state index contributed by atoms with van der Waals surface area (Å²) in [7, 11) is 2.72. The fourth-order valence-electron chi connectivity index (χ4n) is 2.88. The minimum Gasteiger partial charge on any atom is -0.405 e. The molecule has 0 bridgehead atoms. The molecule has 0 saturated carbocycles. The number of halogens is 5. The van der Waals surface area contributed by atoms with E-state index in [0.717, 1.165) is 17.7 Å². The van der Waals surface area contributed by atoms with E-state index in [1.807, 2.05) is 0 Å². The highest BCUT2D eigenvalue weighted by atomic mass is 79.9. The number of carbonyl (C=O) groups is 1. The third-order valence-electron chi connectivity index (χ3n) is 4.31. The Kier molecular flexibility index (Phi) is 8.80. The summed E-state index contributed by atoms with van der Waals surface area (Å²) in [5.74, 6) is -2.27. The van der Waals surface area contributed by atoms with Gasteiger partial charge in [-0.3, -0.25) is 4.79 Å². The van der Waals surface area contributed by atoms with Crippen LogP contribution in [0, 0.1) is 12.7 Å². The SMILES string of the molecule is CNC(=O)/C(=N/OC)c1cccc(C)c1CO/N=C(\C)c1c(F)cc(Br)cc1OC(F)(F)F. The molecule has 0 saturated heterocycles. The molecule has 0 aromatic heterocycles. The smallest absolute Gasteiger partial charge is 0.405 e. The number of oxime groups is 2. The van der Waals surface area contributed by atoms with Crippen molar-refractivity contribution in [3.05, 3.63) is 62.9 Å². The van der Waals surface area contributed by atoms with Crippen LogP contribution in [0.2, 0.25) is 0 Å². The van der Waals surface area contributed by atoms with Crippen molar-refractivity contribution in [1.82, 2.24) is 5.32 Å². The number of nitrogens with one attached hydrogen (secondary N) is 1. The third kappa shape index (κ3) is 6.91. The number of nitrogens with zero attached hydrogens (tertiary/aromatic N) is 2. The van der Waals surface area contributed by atoms with Crippen LogP contribution in [-0.2, 0) is 21.1 Å². The van der Waals surface area contributed by atoms with Gasteiger partial charge in [0.2, 0.25) is 0 Å². The van der Waals surface area contributed by atoms with Gasteiger partial charge in [0, 0.05) is 22.6 Å². The van der Waals surface area contributed by atoms with Crippen LogP contribution in [0.25, 0.3) is 0 Å². The van der Waals surface area contributed by atoms with Gasteiger partial charge in [-0.25, -0.2) is 4.39 Å². The maximum Gasteiger partial charge on any atom is 0.573 e. The minimum absolute atomic E-state index is 0.0113. The Morgan fingerprint density at radius 1 is 1.21 bits per heavy atom. The van der Waals surface area contributed by atoms with Gasteiger partial charge in [0.05, 0.1) is 11.3 Å². The minimum atomic E-state index is -5.03. The molecule has 7 nitrogen and oxygen atoms in total. The third-order valence-corrected chi connectivity index (χ3v) is 4.76. The summed E-state index contributed by atoms with van der Waals surface area (Å²) >= 11 is 2.93. The van der Waals surface area contributed by atoms with Gasteiger partial charge in [-0.2, -0.15) is 0 Å². The fourth-order valence-corrected chi connectivity index (χ4v) is 3.29. The van der Waals surface area contributed by atoms with E-state index in [2.05, 4.69) is 36.3 Å². The van der Waals surface area contributed by atoms with Crippen molar-refractivity contribution in [1.29, 1.82) is 0 Å². The summed E-state index contributed by atoms with van der Waals surface area (Å²) in [6, 6.07) is 7.04. The molecule has 1 amide bonds. The highest BCUT2D eigenvalue weighted by molar-refractivity contribution is 9.10. The number of hydrogen-bond acceptors (Lipinski definition) is 6. The van der Waals surface area contributed by atoms with Crippen LogP contribution in [-0.4, -0.2) is 37.9 Å². The average molecular weight is 534 g/mol. The number of carbonyl (C=O) groups excluding carboxylic acids is 1. The zero-order valence-electron chi connectivity index (χ0n) is 18.0. The Hall–Kier alpha value is -3.15. The Morgan fingerprint density at radius 2 is 1.91 bits per heavy atom. The lowest BCUT2D eigenvalue weighted by atomic mass is 9.98. The first-order valence-electron chi connectivity index (χ1n) is 9.32. The summed E-state index contributed by atoms with van der Waals surface area (Å²) in [6.45, 7) is 2.85. The van der Waals surface area contributed by atoms with Gasteiger partial charge in [0.1, 0.15) is 25.3 Å². The normalized spacial score (nSPS) is 12.4. The highest BCUT2D eigenvalue weighted by Crippen LogP contribution is 2.32. The van der Waals surface area contributed by atoms with Crippen LogP contribution in [0.4, 0.5) is 17.6 Å². The molecule has 0 aliphatic rings. The Morgan fingerprint density at radius 3 is 2.52 bits per heavy atom. The van der Waals surface area contributed by atoms with Crippen LogP contribution in [0.15, 0.2) is 45.1 Å². The predicted octanol–water partition coefficient (Wildman–Crippen LogP) is 4.83. The molecule has 0 radical (unpaired) electrons. The van der Waals surface area contributed by atoms with Crippen LogP contribution in [0.5, 0.6) is 5.75 Å². The molecular formula is C21H20BrF4N3O4. The second-order valence-electron chi connectivity index (χ2n) is 6.56. The predicted molar refractivity (Wildman–Crippen MR) is 117 cm³/mol. The lowest BCUT2D eigenvalue weighted by Crippen LogP contribution is -2.29. The second kappa shape index (κ2) is 11.1. The number of hydrogen-bond donors (Lipinski definition) is 1. The quantitative estimate of drug-likeness (QED) is 0.299. The highest BCUT2D eigenvalue weighted by Gasteiger charge is 2.33. The molecule has 1 N–H and O–H groups in total. The molecule has 2 aromatic carbocycles. The maximum atomic E-state index is 14.4. The van der Waals surface area contributed by atoms with Crippen LogP contribution in [0.1, 0.15) is 29.2 Å². The largest absolute Gasteiger partial charge is 0.573 e. The van der Waals surface area contributed by atoms with E-state index in [1.54, 1.807) is 25.1 Å². The lowest BCUT2D eigenvalue weighted by Gasteiger charge is -2.15. The van der Waals surface area contributed by atoms with Gasteiger partial charge in [0.15, 0.2) is 5.71 Å². The fraction of sp³-hybridized carbons (Fsp3) is 0.286. The molecule has 0 spiro atoms. The van der Waals surface area contributed by atoms with E-state index < -0.39 is 29.4 Å². The van der Waals surface area contributed by atoms with E-state index >= 15 is 0 Å². The molecule has 0 fully saturated rings. The summed E-state index contributed by atoms with van der Waals surface area (Å²) < 4.78 is 56.7. The topological polar surface area (TPSA) is 81.5 Å². The van der Waals surface area contributed by atoms with E-state index in [-0.39, 0.29) is 22.5 Å². The van der Waals surface area contributed by atoms with E-state index in [1.165, 1.54) is 21.1 Å². The van der Waals surface area contributed by atoms with Crippen molar-refractivity contribution in [2.75, 3.05) is 14.2 Å². The van der Waals surface area contributed by atoms with Crippen molar-refractivity contribution < 1.29 is 36.8 Å². The molecule has 0 unspecified atom stereocenters. The van der Waals surface area contributed by atoms with Crippen molar-refractivity contribution in [2.24, 2.45) is 10.3 Å². The van der Waals surface area contributed by atoms with Gasteiger partial charge in [-0.15, -0.1) is 13.2 Å². The number of alkyl halides is 3. The van der Waals surface area contributed by atoms with E-state index in [4.69, 9.17) is 9.68 Å². The summed E-state index contributed by atoms with van der Waals surface area (Å²) in [5.41, 5.74) is 0.947. The number of amides is 1. The number of benzene rings is 2. The van der Waals surface area contributed by atoms with Crippen LogP contribution >= 0.6 is 15.9 Å². The van der Waals surface area contributed by atoms with Crippen molar-refractivity contribution in [3.63, 3.8) is 0 Å². The first kappa shape index (κ1) is 26.1. The molecule has 0 aliphatic carbocycles. The zero-order valence-corrected chi connectivity index (χ0v) is 19.6. The number of rotatable bonds is 8. The van der Waals surface area contributed by atoms with E-state index in [9.17, 15) is 22.4 Å². The first-order chi connectivity index (χ1) is 15.5. The van der Waals surface area contributed by atoms with Gasteiger partial charge in [-0.05, 0) is 31.5 Å². The molecule has 33 heavy (non-hydrogen) atoms. The molecule has 0 aliphatic heterocycles. The standard InChI is InChI=1S/C21H20BrF4N3O4/c1-11-6-5-7-14(19(29-31-4)20(30)27-3)15(11)10-32-28-12(2)18-16(23)8-13(22)9-17(18)33-21(24,25)26/h5-9H,10H2,1-4H3,(H,27,30)/b28-12+,29-19+. The summed E-state index contributed by atoms with van der Waals surface area (Å²) in [5, 5.41) is 9.98. The Bertz CT molecular complexity index is 1090. The average Bonchev–Trinajstić information content (AvgIpc) is 2.71. The second-order valence-corrected chi connectivity index (χ2v) is 7.48. The molecule has 12 heteroatoms. The van der Waals surface area contributed by atoms with Crippen LogP contribution in [0.3, 0.4) is 0 Å². The summed E-state index contributed by atoms with van der Waals surface area (Å²) in [6.07, 6.45) is -5.03. The molecule has 2 aromatic rings. The van der Waals surface area contributed by atoms with Gasteiger partial charge < -0.3 is 19.7 Å². The molecule has 2 rings (SSSR count). The monoisotopic (exact) mass is 533 g/mol. The number of aryl methyl sites for hydroxylation is 1. The number of likely N-dealkylation sites (N-methyl/N-ethyl adjacent to an activating group) is 1. The van der Waals surface area contributed by atoms with Gasteiger partial charge in [-0.1, -0.05) is 44.4 Å². The van der Waals surface area contributed by atoms with E-state index in [0.29, 0.717) is 11.1 Å². The van der Waals surface area contributed by atoms with Crippen molar-refractivity contribution in [3.8, 4) is 5.75 Å². The Labute approximate surface area is 195 Å². The molecule has 178 valence electrons. The lowest BCUT2D eigenvalue weighted by molar-refractivity contribution is -0.274. The molecule has 0 atom stereocenters. The maximum absolute atomic E-state index is 14.4. The van der Waals surface area contributed by atoms with Crippen molar-refractivity contribution >= 4 is 33.3 Å². The summed E-state index contributed by atoms with van der Waals surface area (Å²) in [4.78, 5) is 22.3. The van der Waals surface area contributed by atoms with Gasteiger partial charge in [0.25, 0.3) is 5.91 Å². The first-order valence-corrected chi connectivity index (χ1v) is 10.1. The molecular weight excluding hydrogens is 514 g/mol. The molecule has 0 heterocycles. The van der Waals surface area contributed by atoms with Gasteiger partial charge >= 0.3 is 6.36 Å². The number of ether oxygens (including phenoxy) is 1. The Balaban J connectivity index is 2.39. The zero-order chi connectivity index (χ0) is 24.8.